The third-order valence-electron chi connectivity index (χ3n) is 14.3. The van der Waals surface area contributed by atoms with Gasteiger partial charge in [0.2, 0.25) is 0 Å². The van der Waals surface area contributed by atoms with Gasteiger partial charge in [-0.1, -0.05) is 53.3 Å². The normalized spacial score (nSPS) is 44.6. The molecule has 5 aliphatic rings. The summed E-state index contributed by atoms with van der Waals surface area (Å²) in [5.41, 5.74) is 10.1. The SMILES string of the molecule is C=C(CO)[C@@H]1CC[C@]2(N)CC[C@]3(C)[C@H](CC[C@@H]4[C@@]5(C)CC=C(c6ccc(C(=O)O)c(F)c6)C(C)(C)[C@@H]5CC[C@]43C)[C@@H]12. The van der Waals surface area contributed by atoms with Crippen molar-refractivity contribution in [3.8, 4) is 0 Å². The number of benzene rings is 1. The van der Waals surface area contributed by atoms with Crippen LogP contribution in [0.2, 0.25) is 0 Å². The van der Waals surface area contributed by atoms with Crippen molar-refractivity contribution in [3.63, 3.8) is 0 Å². The molecule has 4 fully saturated rings. The number of rotatable bonds is 4. The van der Waals surface area contributed by atoms with Crippen LogP contribution in [-0.4, -0.2) is 28.3 Å². The summed E-state index contributed by atoms with van der Waals surface area (Å²) >= 11 is 0. The Labute approximate surface area is 245 Å². The van der Waals surface area contributed by atoms with Crippen molar-refractivity contribution in [1.29, 1.82) is 0 Å². The minimum Gasteiger partial charge on any atom is -0.478 e. The van der Waals surface area contributed by atoms with Gasteiger partial charge in [-0.3, -0.25) is 0 Å². The zero-order valence-electron chi connectivity index (χ0n) is 25.7. The first kappa shape index (κ1) is 29.1. The number of carbonyl (C=O) groups is 1. The Morgan fingerprint density at radius 3 is 2.39 bits per heavy atom. The van der Waals surface area contributed by atoms with E-state index in [9.17, 15) is 19.4 Å². The van der Waals surface area contributed by atoms with E-state index in [1.54, 1.807) is 6.07 Å². The van der Waals surface area contributed by atoms with Gasteiger partial charge < -0.3 is 15.9 Å². The molecule has 41 heavy (non-hydrogen) atoms. The van der Waals surface area contributed by atoms with Gasteiger partial charge in [-0.15, -0.1) is 0 Å². The standard InChI is InChI=1S/C36H50FNO3/c1-21(20-39)23-11-16-36(38)18-17-34(5)26(30(23)36)9-10-29-33(4)14-12-25(22-7-8-24(31(40)41)27(37)19-22)32(2,3)28(33)13-15-35(29,34)6/h7-8,12,19,23,26,28-30,39H,1,9-11,13-18,20,38H2,2-6H3,(H,40,41)/t23-,26+,28-,29+,30+,33-,34+,35+,36-/m0/s1. The highest BCUT2D eigenvalue weighted by atomic mass is 19.1. The summed E-state index contributed by atoms with van der Waals surface area (Å²) in [5.74, 6) is 0.441. The number of hydrogen-bond donors (Lipinski definition) is 3. The van der Waals surface area contributed by atoms with Crippen LogP contribution in [0.1, 0.15) is 108 Å². The minimum absolute atomic E-state index is 0.0625. The van der Waals surface area contributed by atoms with Gasteiger partial charge in [0.1, 0.15) is 5.82 Å². The zero-order valence-corrected chi connectivity index (χ0v) is 25.7. The highest BCUT2D eigenvalue weighted by Crippen LogP contribution is 2.76. The zero-order chi connectivity index (χ0) is 29.8. The number of fused-ring (bicyclic) bond motifs is 7. The van der Waals surface area contributed by atoms with Crippen molar-refractivity contribution in [3.05, 3.63) is 53.4 Å². The Kier molecular flexibility index (Phi) is 6.57. The summed E-state index contributed by atoms with van der Waals surface area (Å²) in [6, 6.07) is 4.64. The highest BCUT2D eigenvalue weighted by molar-refractivity contribution is 5.88. The average Bonchev–Trinajstić information content (AvgIpc) is 3.25. The molecule has 0 bridgehead atoms. The fourth-order valence-electron chi connectivity index (χ4n) is 12.2. The summed E-state index contributed by atoms with van der Waals surface area (Å²) < 4.78 is 14.8. The molecule has 0 spiro atoms. The maximum atomic E-state index is 14.8. The Hall–Kier alpha value is -1.98. The van der Waals surface area contributed by atoms with Crippen molar-refractivity contribution >= 4 is 11.5 Å². The highest BCUT2D eigenvalue weighted by Gasteiger charge is 2.70. The van der Waals surface area contributed by atoms with E-state index in [-0.39, 0.29) is 39.4 Å². The lowest BCUT2D eigenvalue weighted by molar-refractivity contribution is -0.217. The van der Waals surface area contributed by atoms with Crippen molar-refractivity contribution in [1.82, 2.24) is 0 Å². The van der Waals surface area contributed by atoms with E-state index in [1.807, 2.05) is 0 Å². The maximum Gasteiger partial charge on any atom is 0.338 e. The molecule has 0 radical (unpaired) electrons. The van der Waals surface area contributed by atoms with E-state index >= 15 is 0 Å². The van der Waals surface area contributed by atoms with Gasteiger partial charge in [-0.25, -0.2) is 9.18 Å². The van der Waals surface area contributed by atoms with Gasteiger partial charge in [0, 0.05) is 5.54 Å². The molecule has 9 atom stereocenters. The van der Waals surface area contributed by atoms with Crippen molar-refractivity contribution < 1.29 is 19.4 Å². The molecule has 1 aromatic carbocycles. The molecule has 224 valence electrons. The van der Waals surface area contributed by atoms with Crippen LogP contribution in [0, 0.1) is 57.1 Å². The molecule has 5 aliphatic carbocycles. The van der Waals surface area contributed by atoms with Gasteiger partial charge in [-0.2, -0.15) is 0 Å². The molecule has 0 amide bonds. The fraction of sp³-hybridized carbons (Fsp3) is 0.694. The van der Waals surface area contributed by atoms with Crippen LogP contribution >= 0.6 is 0 Å². The summed E-state index contributed by atoms with van der Waals surface area (Å²) in [6.45, 7) is 16.7. The number of nitrogens with two attached hydrogens (primary N) is 1. The Morgan fingerprint density at radius 1 is 1.00 bits per heavy atom. The first-order chi connectivity index (χ1) is 19.1. The molecule has 0 unspecified atom stereocenters. The smallest absolute Gasteiger partial charge is 0.338 e. The summed E-state index contributed by atoms with van der Waals surface area (Å²) in [5, 5.41) is 19.4. The molecule has 6 rings (SSSR count). The molecule has 0 saturated heterocycles. The van der Waals surface area contributed by atoms with Crippen LogP contribution in [0.5, 0.6) is 0 Å². The van der Waals surface area contributed by atoms with E-state index < -0.39 is 11.8 Å². The number of aliphatic hydroxyl groups excluding tert-OH is 1. The van der Waals surface area contributed by atoms with E-state index in [4.69, 9.17) is 5.73 Å². The number of aromatic carboxylic acids is 1. The number of halogens is 1. The number of carboxylic acids is 1. The van der Waals surface area contributed by atoms with Gasteiger partial charge in [-0.05, 0) is 138 Å². The van der Waals surface area contributed by atoms with E-state index in [1.165, 1.54) is 37.8 Å². The second-order valence-electron chi connectivity index (χ2n) is 15.9. The molecular weight excluding hydrogens is 513 g/mol. The van der Waals surface area contributed by atoms with Gasteiger partial charge in [0.15, 0.2) is 0 Å². The van der Waals surface area contributed by atoms with Gasteiger partial charge in [0.25, 0.3) is 0 Å². The molecule has 0 aromatic heterocycles. The monoisotopic (exact) mass is 563 g/mol. The predicted molar refractivity (Wildman–Crippen MR) is 162 cm³/mol. The van der Waals surface area contributed by atoms with E-state index in [0.717, 1.165) is 48.8 Å². The molecule has 0 aliphatic heterocycles. The Balaban J connectivity index is 1.36. The second kappa shape index (κ2) is 9.26. The Bertz CT molecular complexity index is 1320. The molecular formula is C36H50FNO3. The van der Waals surface area contributed by atoms with Crippen LogP contribution in [0.4, 0.5) is 4.39 Å². The number of aliphatic hydroxyl groups is 1. The molecule has 4 saturated carbocycles. The maximum absolute atomic E-state index is 14.8. The van der Waals surface area contributed by atoms with Crippen molar-refractivity contribution in [2.75, 3.05) is 6.61 Å². The third-order valence-corrected chi connectivity index (χ3v) is 14.3. The van der Waals surface area contributed by atoms with Crippen molar-refractivity contribution in [2.45, 2.75) is 97.9 Å². The first-order valence-corrected chi connectivity index (χ1v) is 16.0. The fourth-order valence-corrected chi connectivity index (χ4v) is 12.2. The van der Waals surface area contributed by atoms with Gasteiger partial charge in [0.05, 0.1) is 12.2 Å². The summed E-state index contributed by atoms with van der Waals surface area (Å²) in [7, 11) is 0. The van der Waals surface area contributed by atoms with Crippen LogP contribution in [0.25, 0.3) is 5.57 Å². The summed E-state index contributed by atoms with van der Waals surface area (Å²) in [4.78, 5) is 11.4. The number of carboxylic acid groups (broad SMARTS) is 1. The lowest BCUT2D eigenvalue weighted by Crippen LogP contribution is -2.67. The first-order valence-electron chi connectivity index (χ1n) is 16.0. The lowest BCUT2D eigenvalue weighted by Gasteiger charge is -2.72. The largest absolute Gasteiger partial charge is 0.478 e. The molecule has 4 nitrogen and oxygen atoms in total. The van der Waals surface area contributed by atoms with Crippen LogP contribution in [0.15, 0.2) is 36.4 Å². The predicted octanol–water partition coefficient (Wildman–Crippen LogP) is 7.86. The third kappa shape index (κ3) is 3.79. The quantitative estimate of drug-likeness (QED) is 0.326. The van der Waals surface area contributed by atoms with Crippen molar-refractivity contribution in [2.24, 2.45) is 57.0 Å². The number of hydrogen-bond acceptors (Lipinski definition) is 3. The van der Waals surface area contributed by atoms with Crippen LogP contribution in [-0.2, 0) is 0 Å². The van der Waals surface area contributed by atoms with Crippen LogP contribution in [0.3, 0.4) is 0 Å². The lowest BCUT2D eigenvalue weighted by atomic mass is 9.33. The van der Waals surface area contributed by atoms with Gasteiger partial charge >= 0.3 is 5.97 Å². The molecule has 1 aromatic rings. The topological polar surface area (TPSA) is 83.5 Å². The minimum atomic E-state index is -1.23. The summed E-state index contributed by atoms with van der Waals surface area (Å²) in [6.07, 6.45) is 12.4. The molecule has 4 N–H and O–H groups in total. The van der Waals surface area contributed by atoms with Crippen LogP contribution < -0.4 is 5.73 Å². The average molecular weight is 564 g/mol. The number of allylic oxidation sites excluding steroid dienone is 2. The molecule has 5 heteroatoms. The van der Waals surface area contributed by atoms with E-state index in [2.05, 4.69) is 47.3 Å². The van der Waals surface area contributed by atoms with E-state index in [0.29, 0.717) is 29.6 Å². The Morgan fingerprint density at radius 2 is 1.73 bits per heavy atom. The second-order valence-corrected chi connectivity index (χ2v) is 15.9. The molecule has 0 heterocycles.